The van der Waals surface area contributed by atoms with Crippen LogP contribution in [0, 0.1) is 5.92 Å². The molecule has 0 unspecified atom stereocenters. The first kappa shape index (κ1) is 20.2. The maximum absolute atomic E-state index is 13.1. The fraction of sp³-hybridized carbons (Fsp3) is 0.458. The smallest absolute Gasteiger partial charge is 0.271 e. The summed E-state index contributed by atoms with van der Waals surface area (Å²) in [6.45, 7) is 0.881. The zero-order valence-corrected chi connectivity index (χ0v) is 18.6. The molecule has 1 aliphatic heterocycles. The minimum Gasteiger partial charge on any atom is -0.497 e. The minimum absolute atomic E-state index is 0.0479. The van der Waals surface area contributed by atoms with E-state index in [1.54, 1.807) is 7.11 Å². The highest BCUT2D eigenvalue weighted by Gasteiger charge is 2.35. The van der Waals surface area contributed by atoms with Gasteiger partial charge in [-0.25, -0.2) is 4.98 Å². The van der Waals surface area contributed by atoms with Gasteiger partial charge in [-0.2, -0.15) is 0 Å². The molecular weight excluding hydrogens is 410 g/mol. The van der Waals surface area contributed by atoms with Gasteiger partial charge in [-0.05, 0) is 67.5 Å². The van der Waals surface area contributed by atoms with Crippen LogP contribution in [0.25, 0.3) is 20.7 Å². The minimum atomic E-state index is -0.139. The Balaban J connectivity index is 1.39. The van der Waals surface area contributed by atoms with Gasteiger partial charge in [0, 0.05) is 17.5 Å². The Hall–Kier alpha value is -2.67. The number of hydrogen-bond acceptors (Lipinski definition) is 5. The molecule has 3 heterocycles. The third kappa shape index (κ3) is 3.87. The van der Waals surface area contributed by atoms with Gasteiger partial charge in [0.2, 0.25) is 5.91 Å². The fourth-order valence-electron chi connectivity index (χ4n) is 5.13. The zero-order chi connectivity index (χ0) is 21.4. The predicted molar refractivity (Wildman–Crippen MR) is 123 cm³/mol. The van der Waals surface area contributed by atoms with Crippen molar-refractivity contribution < 1.29 is 9.53 Å². The molecule has 0 N–H and O–H groups in total. The van der Waals surface area contributed by atoms with E-state index in [9.17, 15) is 9.59 Å². The number of rotatable bonds is 4. The third-order valence-electron chi connectivity index (χ3n) is 6.75. The van der Waals surface area contributed by atoms with Crippen molar-refractivity contribution in [2.75, 3.05) is 13.7 Å². The number of nitrogens with zero attached hydrogens (tertiary/aromatic N) is 3. The predicted octanol–water partition coefficient (Wildman–Crippen LogP) is 4.31. The quantitative estimate of drug-likeness (QED) is 0.610. The van der Waals surface area contributed by atoms with Crippen LogP contribution < -0.4 is 10.3 Å². The van der Waals surface area contributed by atoms with Crippen molar-refractivity contribution in [1.29, 1.82) is 0 Å². The van der Waals surface area contributed by atoms with Gasteiger partial charge in [-0.1, -0.05) is 12.8 Å². The van der Waals surface area contributed by atoms with E-state index in [-0.39, 0.29) is 18.0 Å². The molecule has 5 rings (SSSR count). The van der Waals surface area contributed by atoms with Crippen molar-refractivity contribution in [2.45, 2.75) is 51.1 Å². The summed E-state index contributed by atoms with van der Waals surface area (Å²) in [6, 6.07) is 10.0. The molecule has 0 spiro atoms. The van der Waals surface area contributed by atoms with Gasteiger partial charge >= 0.3 is 0 Å². The van der Waals surface area contributed by atoms with Crippen molar-refractivity contribution >= 4 is 27.5 Å². The van der Waals surface area contributed by atoms with Crippen molar-refractivity contribution in [3.63, 3.8) is 0 Å². The molecule has 1 aliphatic carbocycles. The van der Waals surface area contributed by atoms with Crippen LogP contribution in [0.4, 0.5) is 0 Å². The van der Waals surface area contributed by atoms with Crippen LogP contribution in [0.3, 0.4) is 0 Å². The molecular formula is C24H27N3O3S. The number of methoxy groups -OCH3 is 1. The summed E-state index contributed by atoms with van der Waals surface area (Å²) >= 11 is 1.42. The molecule has 0 bridgehead atoms. The van der Waals surface area contributed by atoms with Gasteiger partial charge in [-0.15, -0.1) is 11.3 Å². The van der Waals surface area contributed by atoms with Gasteiger partial charge in [0.05, 0.1) is 19.0 Å². The Bertz CT molecular complexity index is 1150. The van der Waals surface area contributed by atoms with E-state index < -0.39 is 0 Å². The summed E-state index contributed by atoms with van der Waals surface area (Å²) in [5, 5.41) is 0. The first-order valence-corrected chi connectivity index (χ1v) is 11.9. The number of fused-ring (bicyclic) bond motifs is 2. The largest absolute Gasteiger partial charge is 0.497 e. The SMILES string of the molecule is COc1ccc(-c2cc3ncn(CC(=O)N4CCC[C@@H]5CCCC[C@H]54)c(=O)c3s2)cc1. The highest BCUT2D eigenvalue weighted by molar-refractivity contribution is 7.22. The molecule has 2 atom stereocenters. The Morgan fingerprint density at radius 3 is 2.74 bits per heavy atom. The van der Waals surface area contributed by atoms with Crippen LogP contribution in [0.1, 0.15) is 38.5 Å². The monoisotopic (exact) mass is 437 g/mol. The van der Waals surface area contributed by atoms with E-state index >= 15 is 0 Å². The van der Waals surface area contributed by atoms with Crippen LogP contribution >= 0.6 is 11.3 Å². The van der Waals surface area contributed by atoms with E-state index in [4.69, 9.17) is 4.74 Å². The topological polar surface area (TPSA) is 64.4 Å². The van der Waals surface area contributed by atoms with Crippen LogP contribution in [0.2, 0.25) is 0 Å². The first-order chi connectivity index (χ1) is 15.1. The second-order valence-electron chi connectivity index (χ2n) is 8.57. The molecule has 162 valence electrons. The number of piperidine rings is 1. The number of aromatic nitrogens is 2. The van der Waals surface area contributed by atoms with E-state index in [1.807, 2.05) is 35.2 Å². The fourth-order valence-corrected chi connectivity index (χ4v) is 6.19. The van der Waals surface area contributed by atoms with Crippen LogP contribution in [-0.2, 0) is 11.3 Å². The summed E-state index contributed by atoms with van der Waals surface area (Å²) in [5.74, 6) is 1.47. The summed E-state index contributed by atoms with van der Waals surface area (Å²) in [4.78, 5) is 33.7. The molecule has 1 saturated carbocycles. The van der Waals surface area contributed by atoms with Crippen LogP contribution in [0.5, 0.6) is 5.75 Å². The number of amides is 1. The van der Waals surface area contributed by atoms with Gasteiger partial charge in [0.1, 0.15) is 17.0 Å². The lowest BCUT2D eigenvalue weighted by molar-refractivity contribution is -0.138. The lowest BCUT2D eigenvalue weighted by Crippen LogP contribution is -2.51. The number of hydrogen-bond donors (Lipinski definition) is 0. The number of benzene rings is 1. The molecule has 1 amide bonds. The zero-order valence-electron chi connectivity index (χ0n) is 17.8. The summed E-state index contributed by atoms with van der Waals surface area (Å²) in [5.41, 5.74) is 1.55. The third-order valence-corrected chi connectivity index (χ3v) is 7.91. The number of carbonyl (C=O) groups excluding carboxylic acids is 1. The van der Waals surface area contributed by atoms with Crippen LogP contribution in [0.15, 0.2) is 41.5 Å². The molecule has 2 aliphatic rings. The standard InChI is InChI=1S/C24H27N3O3S/c1-30-18-10-8-17(9-11-18)21-13-19-23(31-21)24(29)26(15-25-19)14-22(28)27-12-4-6-16-5-2-3-7-20(16)27/h8-11,13,15-16,20H,2-7,12,14H2,1H3/t16-,20+/m0/s1. The molecule has 31 heavy (non-hydrogen) atoms. The molecule has 1 aromatic carbocycles. The van der Waals surface area contributed by atoms with E-state index in [0.29, 0.717) is 22.2 Å². The van der Waals surface area contributed by atoms with Crippen molar-refractivity contribution in [1.82, 2.24) is 14.5 Å². The summed E-state index contributed by atoms with van der Waals surface area (Å²) < 4.78 is 7.29. The van der Waals surface area contributed by atoms with Crippen LogP contribution in [-0.4, -0.2) is 40.1 Å². The number of thiophene rings is 1. The lowest BCUT2D eigenvalue weighted by atomic mass is 9.78. The average molecular weight is 438 g/mol. The maximum atomic E-state index is 13.1. The normalized spacial score (nSPS) is 21.1. The average Bonchev–Trinajstić information content (AvgIpc) is 3.26. The van der Waals surface area contributed by atoms with Gasteiger partial charge < -0.3 is 9.64 Å². The highest BCUT2D eigenvalue weighted by atomic mass is 32.1. The number of carbonyl (C=O) groups is 1. The van der Waals surface area contributed by atoms with E-state index in [1.165, 1.54) is 47.9 Å². The van der Waals surface area contributed by atoms with Crippen molar-refractivity contribution in [2.24, 2.45) is 5.92 Å². The second kappa shape index (κ2) is 8.46. The number of ether oxygens (including phenoxy) is 1. The Kier molecular flexibility index (Phi) is 5.52. The van der Waals surface area contributed by atoms with E-state index in [2.05, 4.69) is 4.98 Å². The lowest BCUT2D eigenvalue weighted by Gasteiger charge is -2.44. The van der Waals surface area contributed by atoms with E-state index in [0.717, 1.165) is 35.6 Å². The van der Waals surface area contributed by atoms with Gasteiger partial charge in [0.25, 0.3) is 5.56 Å². The molecule has 7 heteroatoms. The first-order valence-electron chi connectivity index (χ1n) is 11.1. The molecule has 6 nitrogen and oxygen atoms in total. The summed E-state index contributed by atoms with van der Waals surface area (Å²) in [7, 11) is 1.64. The summed E-state index contributed by atoms with van der Waals surface area (Å²) in [6.07, 6.45) is 8.61. The molecule has 0 radical (unpaired) electrons. The Labute approximate surface area is 185 Å². The maximum Gasteiger partial charge on any atom is 0.271 e. The second-order valence-corrected chi connectivity index (χ2v) is 9.62. The van der Waals surface area contributed by atoms with Gasteiger partial charge in [-0.3, -0.25) is 14.2 Å². The van der Waals surface area contributed by atoms with Crippen molar-refractivity contribution in [3.05, 3.63) is 47.0 Å². The highest BCUT2D eigenvalue weighted by Crippen LogP contribution is 2.35. The number of likely N-dealkylation sites (tertiary alicyclic amines) is 1. The molecule has 1 saturated heterocycles. The Morgan fingerprint density at radius 2 is 1.94 bits per heavy atom. The molecule has 3 aromatic rings. The Morgan fingerprint density at radius 1 is 1.16 bits per heavy atom. The molecule has 2 fully saturated rings. The molecule has 2 aromatic heterocycles. The van der Waals surface area contributed by atoms with Gasteiger partial charge in [0.15, 0.2) is 0 Å². The van der Waals surface area contributed by atoms with Crippen molar-refractivity contribution in [3.8, 4) is 16.2 Å².